The molecule has 0 radical (unpaired) electrons. The first-order chi connectivity index (χ1) is 13.0. The number of carbonyl (C=O) groups excluding carboxylic acids is 2. The summed E-state index contributed by atoms with van der Waals surface area (Å²) in [5.74, 6) is 0.0552. The summed E-state index contributed by atoms with van der Waals surface area (Å²) < 4.78 is 6.89. The highest BCUT2D eigenvalue weighted by molar-refractivity contribution is 5.95. The van der Waals surface area contributed by atoms with E-state index in [0.29, 0.717) is 24.4 Å². The summed E-state index contributed by atoms with van der Waals surface area (Å²) in [6, 6.07) is 11.1. The molecule has 0 bridgehead atoms. The molecule has 140 valence electrons. The molecule has 8 heteroatoms. The molecule has 3 rings (SSSR count). The van der Waals surface area contributed by atoms with E-state index in [2.05, 4.69) is 16.0 Å². The van der Waals surface area contributed by atoms with Crippen LogP contribution in [-0.2, 0) is 13.1 Å². The van der Waals surface area contributed by atoms with Crippen molar-refractivity contribution in [1.29, 1.82) is 0 Å². The van der Waals surface area contributed by atoms with E-state index in [-0.39, 0.29) is 0 Å². The van der Waals surface area contributed by atoms with Crippen LogP contribution in [0.4, 0.5) is 4.79 Å². The standard InChI is InChI=1S/C19H21N5O3/c1-14-17(8-9-27-14)18(25)21-22-19(26)23(2)11-16-10-20-24(13-16)12-15-6-4-3-5-7-15/h3-10,13H,11-12H2,1-2H3,(H,21,25)(H,22,26). The van der Waals surface area contributed by atoms with Crippen LogP contribution in [0.1, 0.15) is 27.2 Å². The number of urea groups is 1. The third-order valence-electron chi connectivity index (χ3n) is 4.03. The predicted molar refractivity (Wildman–Crippen MR) is 98.7 cm³/mol. The number of hydrogen-bond acceptors (Lipinski definition) is 4. The molecule has 2 aromatic heterocycles. The SMILES string of the molecule is Cc1occc1C(=O)NNC(=O)N(C)Cc1cnn(Cc2ccccc2)c1. The highest BCUT2D eigenvalue weighted by Gasteiger charge is 2.14. The molecule has 27 heavy (non-hydrogen) atoms. The van der Waals surface area contributed by atoms with Crippen LogP contribution in [0.15, 0.2) is 59.5 Å². The molecule has 1 aromatic carbocycles. The number of hydrazine groups is 1. The molecule has 3 aromatic rings. The summed E-state index contributed by atoms with van der Waals surface area (Å²) in [7, 11) is 1.64. The smallest absolute Gasteiger partial charge is 0.336 e. The van der Waals surface area contributed by atoms with Crippen LogP contribution in [0.2, 0.25) is 0 Å². The van der Waals surface area contributed by atoms with Gasteiger partial charge in [0, 0.05) is 18.8 Å². The van der Waals surface area contributed by atoms with Crippen LogP contribution in [0, 0.1) is 6.92 Å². The van der Waals surface area contributed by atoms with Gasteiger partial charge in [-0.05, 0) is 18.6 Å². The zero-order chi connectivity index (χ0) is 19.2. The molecule has 0 atom stereocenters. The van der Waals surface area contributed by atoms with Crippen molar-refractivity contribution in [3.63, 3.8) is 0 Å². The quantitative estimate of drug-likeness (QED) is 0.677. The zero-order valence-corrected chi connectivity index (χ0v) is 15.2. The number of hydrogen-bond donors (Lipinski definition) is 2. The van der Waals surface area contributed by atoms with Crippen LogP contribution in [0.5, 0.6) is 0 Å². The lowest BCUT2D eigenvalue weighted by Crippen LogP contribution is -2.47. The van der Waals surface area contributed by atoms with Gasteiger partial charge in [0.15, 0.2) is 0 Å². The van der Waals surface area contributed by atoms with Gasteiger partial charge in [-0.2, -0.15) is 5.10 Å². The number of amides is 3. The van der Waals surface area contributed by atoms with Crippen LogP contribution in [-0.4, -0.2) is 33.7 Å². The maximum Gasteiger partial charge on any atom is 0.336 e. The number of rotatable bonds is 5. The molecule has 3 amide bonds. The summed E-state index contributed by atoms with van der Waals surface area (Å²) >= 11 is 0. The molecule has 0 spiro atoms. The monoisotopic (exact) mass is 367 g/mol. The Morgan fingerprint density at radius 1 is 1.15 bits per heavy atom. The number of carbonyl (C=O) groups is 2. The topological polar surface area (TPSA) is 92.4 Å². The van der Waals surface area contributed by atoms with E-state index in [9.17, 15) is 9.59 Å². The first-order valence-corrected chi connectivity index (χ1v) is 8.43. The molecular formula is C19H21N5O3. The summed E-state index contributed by atoms with van der Waals surface area (Å²) in [5, 5.41) is 4.32. The Bertz CT molecular complexity index is 916. The van der Waals surface area contributed by atoms with E-state index in [1.54, 1.807) is 26.2 Å². The largest absolute Gasteiger partial charge is 0.469 e. The van der Waals surface area contributed by atoms with E-state index >= 15 is 0 Å². The Hall–Kier alpha value is -3.55. The van der Waals surface area contributed by atoms with Gasteiger partial charge in [-0.25, -0.2) is 10.2 Å². The number of benzene rings is 1. The minimum absolute atomic E-state index is 0.362. The van der Waals surface area contributed by atoms with Gasteiger partial charge in [-0.15, -0.1) is 0 Å². The summed E-state index contributed by atoms with van der Waals surface area (Å²) in [4.78, 5) is 25.6. The number of nitrogens with zero attached hydrogens (tertiary/aromatic N) is 3. The summed E-state index contributed by atoms with van der Waals surface area (Å²) in [6.45, 7) is 2.70. The van der Waals surface area contributed by atoms with Crippen LogP contribution >= 0.6 is 0 Å². The number of nitrogens with one attached hydrogen (secondary N) is 2. The van der Waals surface area contributed by atoms with Crippen molar-refractivity contribution in [3.05, 3.63) is 77.5 Å². The molecule has 0 aliphatic carbocycles. The molecule has 0 aliphatic rings. The predicted octanol–water partition coefficient (Wildman–Crippen LogP) is 2.32. The Labute approximate surface area is 156 Å². The van der Waals surface area contributed by atoms with E-state index < -0.39 is 11.9 Å². The van der Waals surface area contributed by atoms with Crippen LogP contribution in [0.25, 0.3) is 0 Å². The number of aromatic nitrogens is 2. The lowest BCUT2D eigenvalue weighted by molar-refractivity contribution is 0.0929. The highest BCUT2D eigenvalue weighted by atomic mass is 16.3. The van der Waals surface area contributed by atoms with Crippen LogP contribution in [0.3, 0.4) is 0 Å². The van der Waals surface area contributed by atoms with Gasteiger partial charge >= 0.3 is 6.03 Å². The summed E-state index contributed by atoms with van der Waals surface area (Å²) in [5.41, 5.74) is 7.17. The average Bonchev–Trinajstić information content (AvgIpc) is 3.29. The second kappa shape index (κ2) is 8.22. The molecule has 0 unspecified atom stereocenters. The van der Waals surface area contributed by atoms with Gasteiger partial charge in [0.05, 0.1) is 31.1 Å². The van der Waals surface area contributed by atoms with Crippen LogP contribution < -0.4 is 10.9 Å². The van der Waals surface area contributed by atoms with Crippen molar-refractivity contribution >= 4 is 11.9 Å². The minimum atomic E-state index is -0.432. The van der Waals surface area contributed by atoms with Gasteiger partial charge in [0.25, 0.3) is 5.91 Å². The lowest BCUT2D eigenvalue weighted by atomic mass is 10.2. The van der Waals surface area contributed by atoms with E-state index in [4.69, 9.17) is 4.42 Å². The van der Waals surface area contributed by atoms with Gasteiger partial charge in [0.1, 0.15) is 5.76 Å². The maximum atomic E-state index is 12.2. The lowest BCUT2D eigenvalue weighted by Gasteiger charge is -2.17. The first kappa shape index (κ1) is 18.2. The fraction of sp³-hybridized carbons (Fsp3) is 0.211. The van der Waals surface area contributed by atoms with Crippen molar-refractivity contribution in [1.82, 2.24) is 25.5 Å². The Morgan fingerprint density at radius 2 is 1.93 bits per heavy atom. The van der Waals surface area contributed by atoms with E-state index in [1.165, 1.54) is 11.2 Å². The molecule has 8 nitrogen and oxygen atoms in total. The van der Waals surface area contributed by atoms with E-state index in [1.807, 2.05) is 41.2 Å². The van der Waals surface area contributed by atoms with Gasteiger partial charge in [0.2, 0.25) is 0 Å². The molecule has 2 heterocycles. The normalized spacial score (nSPS) is 10.4. The fourth-order valence-electron chi connectivity index (χ4n) is 2.58. The first-order valence-electron chi connectivity index (χ1n) is 8.43. The molecule has 0 fully saturated rings. The third kappa shape index (κ3) is 4.75. The maximum absolute atomic E-state index is 12.2. The molecule has 2 N–H and O–H groups in total. The Balaban J connectivity index is 1.49. The van der Waals surface area contributed by atoms with Crippen molar-refractivity contribution in [3.8, 4) is 0 Å². The van der Waals surface area contributed by atoms with Crippen molar-refractivity contribution in [2.75, 3.05) is 7.05 Å². The molecular weight excluding hydrogens is 346 g/mol. The Kier molecular flexibility index (Phi) is 5.55. The number of furan rings is 1. The molecule has 0 saturated heterocycles. The molecule has 0 aliphatic heterocycles. The zero-order valence-electron chi connectivity index (χ0n) is 15.2. The van der Waals surface area contributed by atoms with Gasteiger partial charge in [-0.1, -0.05) is 30.3 Å². The van der Waals surface area contributed by atoms with Crippen molar-refractivity contribution in [2.45, 2.75) is 20.0 Å². The number of aryl methyl sites for hydroxylation is 1. The average molecular weight is 367 g/mol. The second-order valence-corrected chi connectivity index (χ2v) is 6.16. The summed E-state index contributed by atoms with van der Waals surface area (Å²) in [6.07, 6.45) is 5.04. The molecule has 0 saturated carbocycles. The second-order valence-electron chi connectivity index (χ2n) is 6.16. The van der Waals surface area contributed by atoms with Gasteiger partial charge < -0.3 is 9.32 Å². The van der Waals surface area contributed by atoms with E-state index in [0.717, 1.165) is 11.1 Å². The minimum Gasteiger partial charge on any atom is -0.469 e. The Morgan fingerprint density at radius 3 is 2.63 bits per heavy atom. The van der Waals surface area contributed by atoms with Crippen molar-refractivity contribution < 1.29 is 14.0 Å². The highest BCUT2D eigenvalue weighted by Crippen LogP contribution is 2.08. The fourth-order valence-corrected chi connectivity index (χ4v) is 2.58. The third-order valence-corrected chi connectivity index (χ3v) is 4.03. The van der Waals surface area contributed by atoms with Gasteiger partial charge in [-0.3, -0.25) is 14.9 Å². The van der Waals surface area contributed by atoms with Crippen molar-refractivity contribution in [2.24, 2.45) is 0 Å².